The summed E-state index contributed by atoms with van der Waals surface area (Å²) in [6, 6.07) is 11.7. The molecule has 2 heterocycles. The summed E-state index contributed by atoms with van der Waals surface area (Å²) in [5.41, 5.74) is 2.00. The maximum Gasteiger partial charge on any atom is 0.276 e. The number of carbonyl (C=O) groups excluding carboxylic acids is 2. The fraction of sp³-hybridized carbons (Fsp3) is 0.318. The number of anilines is 1. The zero-order valence-corrected chi connectivity index (χ0v) is 17.1. The molecule has 8 heteroatoms. The van der Waals surface area contributed by atoms with E-state index in [1.165, 1.54) is 12.1 Å². The molecule has 1 atom stereocenters. The molecule has 0 aliphatic carbocycles. The van der Waals surface area contributed by atoms with Crippen molar-refractivity contribution in [3.05, 3.63) is 53.7 Å². The summed E-state index contributed by atoms with van der Waals surface area (Å²) in [6.07, 6.45) is 2.09. The number of amides is 2. The number of carbonyl (C=O) groups is 2. The van der Waals surface area contributed by atoms with Gasteiger partial charge in [-0.15, -0.1) is 0 Å². The van der Waals surface area contributed by atoms with Crippen molar-refractivity contribution in [1.29, 1.82) is 0 Å². The smallest absolute Gasteiger partial charge is 0.276 e. The van der Waals surface area contributed by atoms with E-state index in [0.717, 1.165) is 25.9 Å². The Morgan fingerprint density at radius 3 is 2.73 bits per heavy atom. The standard InChI is InChI=1S/C22H25N5O3/c1-26-11-3-4-16(13-26)27(2)22(30)14-5-7-15(8-6-14)23-21(29)20-18-12-17(28)9-10-19(18)24-25-20/h5-10,12,16,28H,3-4,11,13H2,1-2H3,(H,23,29)(H,24,25). The van der Waals surface area contributed by atoms with Crippen LogP contribution in [0, 0.1) is 0 Å². The molecule has 2 aromatic carbocycles. The van der Waals surface area contributed by atoms with Gasteiger partial charge < -0.3 is 20.2 Å². The van der Waals surface area contributed by atoms with Gasteiger partial charge in [-0.05, 0) is 68.9 Å². The van der Waals surface area contributed by atoms with Crippen molar-refractivity contribution in [3.63, 3.8) is 0 Å². The van der Waals surface area contributed by atoms with Crippen LogP contribution in [0.4, 0.5) is 5.69 Å². The Kier molecular flexibility index (Phi) is 5.41. The number of benzene rings is 2. The van der Waals surface area contributed by atoms with E-state index in [2.05, 4.69) is 27.5 Å². The third-order valence-corrected chi connectivity index (χ3v) is 5.62. The van der Waals surface area contributed by atoms with Gasteiger partial charge in [-0.25, -0.2) is 0 Å². The molecule has 30 heavy (non-hydrogen) atoms. The molecule has 1 fully saturated rings. The zero-order valence-electron chi connectivity index (χ0n) is 17.1. The van der Waals surface area contributed by atoms with E-state index >= 15 is 0 Å². The van der Waals surface area contributed by atoms with E-state index in [1.54, 1.807) is 30.3 Å². The van der Waals surface area contributed by atoms with Gasteiger partial charge in [-0.1, -0.05) is 0 Å². The number of hydrogen-bond donors (Lipinski definition) is 3. The summed E-state index contributed by atoms with van der Waals surface area (Å²) >= 11 is 0. The normalized spacial score (nSPS) is 17.1. The van der Waals surface area contributed by atoms with E-state index in [1.807, 2.05) is 11.9 Å². The second-order valence-corrected chi connectivity index (χ2v) is 7.81. The predicted octanol–water partition coefficient (Wildman–Crippen LogP) is 2.69. The number of H-pyrrole nitrogens is 1. The topological polar surface area (TPSA) is 102 Å². The minimum absolute atomic E-state index is 0.0260. The van der Waals surface area contributed by atoms with Crippen LogP contribution in [0.25, 0.3) is 10.9 Å². The van der Waals surface area contributed by atoms with Gasteiger partial charge in [-0.2, -0.15) is 5.10 Å². The molecular formula is C22H25N5O3. The summed E-state index contributed by atoms with van der Waals surface area (Å²) < 4.78 is 0. The largest absolute Gasteiger partial charge is 0.508 e. The van der Waals surface area contributed by atoms with Crippen LogP contribution in [-0.4, -0.2) is 70.1 Å². The molecule has 1 unspecified atom stereocenters. The second-order valence-electron chi connectivity index (χ2n) is 7.81. The Balaban J connectivity index is 1.44. The molecule has 8 nitrogen and oxygen atoms in total. The lowest BCUT2D eigenvalue weighted by Gasteiger charge is -2.35. The third-order valence-electron chi connectivity index (χ3n) is 5.62. The van der Waals surface area contributed by atoms with Crippen molar-refractivity contribution >= 4 is 28.4 Å². The third kappa shape index (κ3) is 3.99. The van der Waals surface area contributed by atoms with Gasteiger partial charge in [-0.3, -0.25) is 14.7 Å². The molecule has 0 radical (unpaired) electrons. The Labute approximate surface area is 174 Å². The molecule has 1 aromatic heterocycles. The number of hydrogen-bond acceptors (Lipinski definition) is 5. The number of aromatic amines is 1. The highest BCUT2D eigenvalue weighted by Crippen LogP contribution is 2.22. The molecule has 3 aromatic rings. The number of phenols is 1. The average Bonchev–Trinajstić information content (AvgIpc) is 3.16. The number of fused-ring (bicyclic) bond motifs is 1. The van der Waals surface area contributed by atoms with Gasteiger partial charge in [0.05, 0.1) is 5.52 Å². The Hall–Kier alpha value is -3.39. The number of nitrogens with zero attached hydrogens (tertiary/aromatic N) is 3. The van der Waals surface area contributed by atoms with Crippen LogP contribution >= 0.6 is 0 Å². The lowest BCUT2D eigenvalue weighted by molar-refractivity contribution is 0.0644. The summed E-state index contributed by atoms with van der Waals surface area (Å²) in [5.74, 6) is -0.357. The molecule has 0 bridgehead atoms. The first-order valence-corrected chi connectivity index (χ1v) is 9.96. The number of aromatic hydroxyl groups is 1. The SMILES string of the molecule is CN1CCCC(N(C)C(=O)c2ccc(NC(=O)c3n[nH]c4ccc(O)cc34)cc2)C1. The number of phenolic OH excluding ortho intramolecular Hbond substituents is 1. The Morgan fingerprint density at radius 2 is 2.00 bits per heavy atom. The number of nitrogens with one attached hydrogen (secondary N) is 2. The van der Waals surface area contributed by atoms with Crippen molar-refractivity contribution in [2.24, 2.45) is 0 Å². The van der Waals surface area contributed by atoms with Crippen LogP contribution in [0.15, 0.2) is 42.5 Å². The number of aromatic nitrogens is 2. The lowest BCUT2D eigenvalue weighted by atomic mass is 10.0. The van der Waals surface area contributed by atoms with Gasteiger partial charge in [0, 0.05) is 36.3 Å². The molecule has 1 saturated heterocycles. The lowest BCUT2D eigenvalue weighted by Crippen LogP contribution is -2.47. The molecular weight excluding hydrogens is 382 g/mol. The molecule has 4 rings (SSSR count). The highest BCUT2D eigenvalue weighted by atomic mass is 16.3. The summed E-state index contributed by atoms with van der Waals surface area (Å²) in [4.78, 5) is 29.5. The van der Waals surface area contributed by atoms with E-state index < -0.39 is 5.91 Å². The quantitative estimate of drug-likeness (QED) is 0.617. The van der Waals surface area contributed by atoms with E-state index in [-0.39, 0.29) is 23.4 Å². The van der Waals surface area contributed by atoms with E-state index in [4.69, 9.17) is 0 Å². The fourth-order valence-corrected chi connectivity index (χ4v) is 3.89. The van der Waals surface area contributed by atoms with Crippen molar-refractivity contribution in [2.75, 3.05) is 32.5 Å². The van der Waals surface area contributed by atoms with Crippen LogP contribution in [-0.2, 0) is 0 Å². The van der Waals surface area contributed by atoms with Crippen LogP contribution < -0.4 is 5.32 Å². The first kappa shape index (κ1) is 19.9. The minimum Gasteiger partial charge on any atom is -0.508 e. The van der Waals surface area contributed by atoms with Crippen LogP contribution in [0.2, 0.25) is 0 Å². The Morgan fingerprint density at radius 1 is 1.23 bits per heavy atom. The number of likely N-dealkylation sites (N-methyl/N-ethyl adjacent to an activating group) is 2. The van der Waals surface area contributed by atoms with Gasteiger partial charge in [0.15, 0.2) is 5.69 Å². The minimum atomic E-state index is -0.395. The number of piperidine rings is 1. The zero-order chi connectivity index (χ0) is 21.3. The molecule has 0 saturated carbocycles. The van der Waals surface area contributed by atoms with Crippen LogP contribution in [0.1, 0.15) is 33.7 Å². The van der Waals surface area contributed by atoms with Crippen molar-refractivity contribution in [1.82, 2.24) is 20.0 Å². The molecule has 0 spiro atoms. The molecule has 1 aliphatic rings. The highest BCUT2D eigenvalue weighted by Gasteiger charge is 2.25. The molecule has 2 amide bonds. The number of rotatable bonds is 4. The van der Waals surface area contributed by atoms with Crippen LogP contribution in [0.5, 0.6) is 5.75 Å². The van der Waals surface area contributed by atoms with Crippen molar-refractivity contribution < 1.29 is 14.7 Å². The highest BCUT2D eigenvalue weighted by molar-refractivity contribution is 6.11. The summed E-state index contributed by atoms with van der Waals surface area (Å²) in [7, 11) is 3.92. The first-order chi connectivity index (χ1) is 14.4. The maximum absolute atomic E-state index is 12.8. The molecule has 156 valence electrons. The van der Waals surface area contributed by atoms with E-state index in [9.17, 15) is 14.7 Å². The maximum atomic E-state index is 12.8. The molecule has 1 aliphatic heterocycles. The van der Waals surface area contributed by atoms with Crippen molar-refractivity contribution in [3.8, 4) is 5.75 Å². The van der Waals surface area contributed by atoms with Gasteiger partial charge >= 0.3 is 0 Å². The summed E-state index contributed by atoms with van der Waals surface area (Å²) in [5, 5.41) is 19.8. The summed E-state index contributed by atoms with van der Waals surface area (Å²) in [6.45, 7) is 1.95. The van der Waals surface area contributed by atoms with Crippen molar-refractivity contribution in [2.45, 2.75) is 18.9 Å². The first-order valence-electron chi connectivity index (χ1n) is 9.96. The van der Waals surface area contributed by atoms with Gasteiger partial charge in [0.2, 0.25) is 0 Å². The fourth-order valence-electron chi connectivity index (χ4n) is 3.89. The van der Waals surface area contributed by atoms with Gasteiger partial charge in [0.25, 0.3) is 11.8 Å². The average molecular weight is 407 g/mol. The van der Waals surface area contributed by atoms with E-state index in [0.29, 0.717) is 22.2 Å². The number of likely N-dealkylation sites (tertiary alicyclic amines) is 1. The van der Waals surface area contributed by atoms with Crippen LogP contribution in [0.3, 0.4) is 0 Å². The molecule has 3 N–H and O–H groups in total. The Bertz CT molecular complexity index is 1080. The second kappa shape index (κ2) is 8.16. The van der Waals surface area contributed by atoms with Gasteiger partial charge in [0.1, 0.15) is 5.75 Å². The monoisotopic (exact) mass is 407 g/mol. The predicted molar refractivity (Wildman–Crippen MR) is 115 cm³/mol.